The molecule has 3 rings (SSSR count). The minimum atomic E-state index is -0.329. The summed E-state index contributed by atoms with van der Waals surface area (Å²) in [6.07, 6.45) is 4.82. The van der Waals surface area contributed by atoms with Crippen molar-refractivity contribution in [3.8, 4) is 5.75 Å². The smallest absolute Gasteiger partial charge is 0.321 e. The van der Waals surface area contributed by atoms with Crippen molar-refractivity contribution in [3.63, 3.8) is 0 Å². The van der Waals surface area contributed by atoms with Crippen molar-refractivity contribution in [3.05, 3.63) is 35.7 Å². The first kappa shape index (κ1) is 22.3. The lowest BCUT2D eigenvalue weighted by Gasteiger charge is -2.19. The molecule has 8 heteroatoms. The molecular weight excluding hydrogens is 398 g/mol. The summed E-state index contributed by atoms with van der Waals surface area (Å²) < 4.78 is 5.90. The quantitative estimate of drug-likeness (QED) is 0.649. The van der Waals surface area contributed by atoms with Crippen LogP contribution in [0.3, 0.4) is 0 Å². The van der Waals surface area contributed by atoms with Crippen LogP contribution in [-0.4, -0.2) is 32.8 Å². The van der Waals surface area contributed by atoms with Crippen molar-refractivity contribution in [2.24, 2.45) is 0 Å². The second kappa shape index (κ2) is 10.1. The number of anilines is 1. The van der Waals surface area contributed by atoms with Gasteiger partial charge in [-0.2, -0.15) is 9.97 Å². The Balaban J connectivity index is 1.71. The normalized spacial score (nSPS) is 14.5. The summed E-state index contributed by atoms with van der Waals surface area (Å²) in [6, 6.07) is 7.75. The molecule has 2 N–H and O–H groups in total. The molecule has 0 atom stereocenters. The predicted octanol–water partition coefficient (Wildman–Crippen LogP) is 4.92. The lowest BCUT2D eigenvalue weighted by Crippen LogP contribution is -2.29. The van der Waals surface area contributed by atoms with Gasteiger partial charge in [0, 0.05) is 11.8 Å². The van der Waals surface area contributed by atoms with Crippen LogP contribution < -0.4 is 15.4 Å². The maximum Gasteiger partial charge on any atom is 0.321 e. The topological polar surface area (TPSA) is 89.0 Å². The molecular formula is C22H31N5O2S. The lowest BCUT2D eigenvalue weighted by atomic mass is 9.87. The van der Waals surface area contributed by atoms with E-state index in [2.05, 4.69) is 58.5 Å². The zero-order valence-electron chi connectivity index (χ0n) is 18.2. The zero-order valence-corrected chi connectivity index (χ0v) is 19.0. The fraction of sp³-hybridized carbons (Fsp3) is 0.545. The SMILES string of the molecule is CCNC(=O)Nc1nc(COc2ccc(C(C)(C)C)cc2)nc(SC2CCCC2)n1. The minimum absolute atomic E-state index is 0.0960. The number of ether oxygens (including phenoxy) is 1. The van der Waals surface area contributed by atoms with E-state index >= 15 is 0 Å². The van der Waals surface area contributed by atoms with Crippen molar-refractivity contribution < 1.29 is 9.53 Å². The van der Waals surface area contributed by atoms with Crippen molar-refractivity contribution >= 4 is 23.7 Å². The van der Waals surface area contributed by atoms with Gasteiger partial charge in [0.15, 0.2) is 11.0 Å². The molecule has 30 heavy (non-hydrogen) atoms. The standard InChI is InChI=1S/C22H31N5O2S/c1-5-23-20(28)26-19-24-18(25-21(27-19)30-17-8-6-7-9-17)14-29-16-12-10-15(11-13-16)22(2,3)4/h10-13,17H,5-9,14H2,1-4H3,(H2,23,24,25,26,27,28). The Hall–Kier alpha value is -2.35. The van der Waals surface area contributed by atoms with E-state index in [9.17, 15) is 4.79 Å². The molecule has 2 aromatic rings. The molecule has 1 saturated carbocycles. The van der Waals surface area contributed by atoms with E-state index in [1.54, 1.807) is 11.8 Å². The molecule has 162 valence electrons. The summed E-state index contributed by atoms with van der Waals surface area (Å²) in [5, 5.41) is 6.53. The summed E-state index contributed by atoms with van der Waals surface area (Å²) in [5.74, 6) is 1.50. The van der Waals surface area contributed by atoms with E-state index in [4.69, 9.17) is 4.74 Å². The number of nitrogens with zero attached hydrogens (tertiary/aromatic N) is 3. The first-order valence-electron chi connectivity index (χ1n) is 10.5. The van der Waals surface area contributed by atoms with E-state index in [1.807, 2.05) is 19.1 Å². The average molecular weight is 430 g/mol. The fourth-order valence-corrected chi connectivity index (χ4v) is 4.40. The molecule has 1 heterocycles. The monoisotopic (exact) mass is 429 g/mol. The van der Waals surface area contributed by atoms with Gasteiger partial charge in [-0.25, -0.2) is 9.78 Å². The Morgan fingerprint density at radius 2 is 1.83 bits per heavy atom. The molecule has 0 aliphatic heterocycles. The number of aromatic nitrogens is 3. The molecule has 2 amide bonds. The number of thioether (sulfide) groups is 1. The Bertz CT molecular complexity index is 846. The minimum Gasteiger partial charge on any atom is -0.486 e. The number of nitrogens with one attached hydrogen (secondary N) is 2. The third-order valence-electron chi connectivity index (χ3n) is 4.89. The van der Waals surface area contributed by atoms with Crippen molar-refractivity contribution in [2.75, 3.05) is 11.9 Å². The van der Waals surface area contributed by atoms with Crippen LogP contribution >= 0.6 is 11.8 Å². The van der Waals surface area contributed by atoms with Gasteiger partial charge in [-0.3, -0.25) is 5.32 Å². The lowest BCUT2D eigenvalue weighted by molar-refractivity contribution is 0.252. The van der Waals surface area contributed by atoms with Gasteiger partial charge in [-0.15, -0.1) is 0 Å². The largest absolute Gasteiger partial charge is 0.486 e. The molecule has 0 bridgehead atoms. The van der Waals surface area contributed by atoms with Crippen LogP contribution in [0.4, 0.5) is 10.7 Å². The maximum absolute atomic E-state index is 11.9. The first-order valence-corrected chi connectivity index (χ1v) is 11.4. The fourth-order valence-electron chi connectivity index (χ4n) is 3.23. The third kappa shape index (κ3) is 6.58. The molecule has 0 saturated heterocycles. The average Bonchev–Trinajstić information content (AvgIpc) is 3.19. The van der Waals surface area contributed by atoms with Gasteiger partial charge >= 0.3 is 6.03 Å². The van der Waals surface area contributed by atoms with Crippen LogP contribution in [0.1, 0.15) is 64.8 Å². The van der Waals surface area contributed by atoms with Crippen molar-refractivity contribution in [2.45, 2.75) is 75.8 Å². The molecule has 7 nitrogen and oxygen atoms in total. The number of carbonyl (C=O) groups excluding carboxylic acids is 1. The zero-order chi connectivity index (χ0) is 21.6. The van der Waals surface area contributed by atoms with Gasteiger partial charge in [0.25, 0.3) is 0 Å². The predicted molar refractivity (Wildman–Crippen MR) is 120 cm³/mol. The van der Waals surface area contributed by atoms with Gasteiger partial charge < -0.3 is 10.1 Å². The summed E-state index contributed by atoms with van der Waals surface area (Å²) >= 11 is 1.66. The molecule has 1 aliphatic rings. The molecule has 1 aromatic heterocycles. The summed E-state index contributed by atoms with van der Waals surface area (Å²) in [4.78, 5) is 25.3. The molecule has 0 unspecified atom stereocenters. The third-order valence-corrected chi connectivity index (χ3v) is 6.08. The highest BCUT2D eigenvalue weighted by Gasteiger charge is 2.19. The second-order valence-corrected chi connectivity index (χ2v) is 9.70. The molecule has 1 fully saturated rings. The molecule has 0 radical (unpaired) electrons. The van der Waals surface area contributed by atoms with Crippen LogP contribution in [0.5, 0.6) is 5.75 Å². The van der Waals surface area contributed by atoms with Gasteiger partial charge in [0.2, 0.25) is 5.95 Å². The number of amides is 2. The van der Waals surface area contributed by atoms with E-state index in [0.717, 1.165) is 5.75 Å². The van der Waals surface area contributed by atoms with Crippen LogP contribution in [0.15, 0.2) is 29.4 Å². The van der Waals surface area contributed by atoms with E-state index < -0.39 is 0 Å². The van der Waals surface area contributed by atoms with Gasteiger partial charge in [0.05, 0.1) is 0 Å². The molecule has 1 aromatic carbocycles. The number of hydrogen-bond acceptors (Lipinski definition) is 6. The van der Waals surface area contributed by atoms with Crippen LogP contribution in [-0.2, 0) is 12.0 Å². The number of hydrogen-bond donors (Lipinski definition) is 2. The number of rotatable bonds is 7. The Morgan fingerprint density at radius 3 is 2.47 bits per heavy atom. The summed E-state index contributed by atoms with van der Waals surface area (Å²) in [7, 11) is 0. The van der Waals surface area contributed by atoms with Crippen molar-refractivity contribution in [1.29, 1.82) is 0 Å². The summed E-state index contributed by atoms with van der Waals surface area (Å²) in [5.41, 5.74) is 1.34. The highest BCUT2D eigenvalue weighted by molar-refractivity contribution is 7.99. The molecule has 0 spiro atoms. The Morgan fingerprint density at radius 1 is 1.13 bits per heavy atom. The second-order valence-electron chi connectivity index (χ2n) is 8.43. The Kier molecular flexibility index (Phi) is 7.53. The maximum atomic E-state index is 11.9. The van der Waals surface area contributed by atoms with Gasteiger partial charge in [-0.1, -0.05) is 57.5 Å². The highest BCUT2D eigenvalue weighted by Crippen LogP contribution is 2.33. The number of benzene rings is 1. The van der Waals surface area contributed by atoms with E-state index in [0.29, 0.717) is 22.8 Å². The van der Waals surface area contributed by atoms with E-state index in [-0.39, 0.29) is 24.0 Å². The summed E-state index contributed by atoms with van der Waals surface area (Å²) in [6.45, 7) is 9.14. The van der Waals surface area contributed by atoms with Crippen LogP contribution in [0.25, 0.3) is 0 Å². The van der Waals surface area contributed by atoms with Crippen LogP contribution in [0, 0.1) is 0 Å². The molecule has 1 aliphatic carbocycles. The highest BCUT2D eigenvalue weighted by atomic mass is 32.2. The number of carbonyl (C=O) groups is 1. The first-order chi connectivity index (χ1) is 14.3. The van der Waals surface area contributed by atoms with Crippen molar-refractivity contribution in [1.82, 2.24) is 20.3 Å². The van der Waals surface area contributed by atoms with Gasteiger partial charge in [-0.05, 0) is 42.9 Å². The van der Waals surface area contributed by atoms with Gasteiger partial charge in [0.1, 0.15) is 12.4 Å². The number of urea groups is 1. The van der Waals surface area contributed by atoms with E-state index in [1.165, 1.54) is 31.2 Å². The van der Waals surface area contributed by atoms with Crippen LogP contribution in [0.2, 0.25) is 0 Å². The Labute approximate surface area is 182 Å².